The molecule has 2 nitrogen and oxygen atoms in total. The molecule has 0 aliphatic rings. The van der Waals surface area contributed by atoms with E-state index >= 15 is 0 Å². The van der Waals surface area contributed by atoms with Gasteiger partial charge < -0.3 is 4.57 Å². The smallest absolute Gasteiger partial charge is 0.134 e. The van der Waals surface area contributed by atoms with Gasteiger partial charge in [0.2, 0.25) is 0 Å². The van der Waals surface area contributed by atoms with Gasteiger partial charge in [0.15, 0.2) is 0 Å². The second kappa shape index (κ2) is 11.4. The number of aryl methyl sites for hydroxylation is 1. The van der Waals surface area contributed by atoms with Crippen LogP contribution in [-0.2, 0) is 6.54 Å². The maximum Gasteiger partial charge on any atom is 0.134 e. The van der Waals surface area contributed by atoms with Gasteiger partial charge in [-0.3, -0.25) is 4.57 Å². The van der Waals surface area contributed by atoms with Crippen LogP contribution < -0.4 is 0 Å². The van der Waals surface area contributed by atoms with Crippen molar-refractivity contribution in [3.05, 3.63) is 119 Å². The van der Waals surface area contributed by atoms with Crippen LogP contribution in [0.3, 0.4) is 0 Å². The summed E-state index contributed by atoms with van der Waals surface area (Å²) >= 11 is 0. The molecular formula is C38H32N2. The van der Waals surface area contributed by atoms with E-state index in [9.17, 15) is 0 Å². The van der Waals surface area contributed by atoms with Crippen molar-refractivity contribution >= 4 is 45.0 Å². The van der Waals surface area contributed by atoms with E-state index in [-0.39, 0.29) is 0 Å². The van der Waals surface area contributed by atoms with Gasteiger partial charge >= 0.3 is 0 Å². The zero-order valence-electron chi connectivity index (χ0n) is 23.1. The number of nitrogens with zero attached hydrogens (tertiary/aromatic N) is 2. The van der Waals surface area contributed by atoms with Gasteiger partial charge in [0, 0.05) is 46.3 Å². The van der Waals surface area contributed by atoms with Crippen LogP contribution >= 0.6 is 0 Å². The van der Waals surface area contributed by atoms with Gasteiger partial charge in [-0.2, -0.15) is 0 Å². The number of fused-ring (bicyclic) bond motifs is 5. The van der Waals surface area contributed by atoms with Gasteiger partial charge in [0.25, 0.3) is 0 Å². The molecule has 0 atom stereocenters. The first-order valence-corrected chi connectivity index (χ1v) is 14.2. The van der Waals surface area contributed by atoms with Gasteiger partial charge in [0.1, 0.15) is 5.65 Å². The Balaban J connectivity index is 1.56. The Morgan fingerprint density at radius 3 is 2.15 bits per heavy atom. The molecule has 0 spiro atoms. The Morgan fingerprint density at radius 2 is 1.38 bits per heavy atom. The van der Waals surface area contributed by atoms with Gasteiger partial charge in [-0.05, 0) is 47.9 Å². The molecule has 0 radical (unpaired) electrons. The Kier molecular flexibility index (Phi) is 7.26. The molecule has 4 aromatic carbocycles. The highest BCUT2D eigenvalue weighted by Gasteiger charge is 2.20. The van der Waals surface area contributed by atoms with Crippen LogP contribution in [0, 0.1) is 23.8 Å². The van der Waals surface area contributed by atoms with Crippen LogP contribution in [0.25, 0.3) is 45.0 Å². The number of benzene rings is 4. The first-order valence-electron chi connectivity index (χ1n) is 14.2. The van der Waals surface area contributed by atoms with E-state index in [4.69, 9.17) is 0 Å². The fourth-order valence-corrected chi connectivity index (χ4v) is 5.31. The molecule has 0 N–H and O–H groups in total. The summed E-state index contributed by atoms with van der Waals surface area (Å²) in [5.41, 5.74) is 7.96. The van der Waals surface area contributed by atoms with Crippen molar-refractivity contribution < 1.29 is 0 Å². The van der Waals surface area contributed by atoms with Crippen LogP contribution in [0.1, 0.15) is 55.4 Å². The zero-order chi connectivity index (χ0) is 27.3. The Morgan fingerprint density at radius 1 is 0.675 bits per heavy atom. The molecule has 0 saturated heterocycles. The first-order chi connectivity index (χ1) is 19.8. The van der Waals surface area contributed by atoms with E-state index < -0.39 is 0 Å². The third-order valence-corrected chi connectivity index (χ3v) is 7.28. The second-order valence-electron chi connectivity index (χ2n) is 10.0. The predicted octanol–water partition coefficient (Wildman–Crippen LogP) is 9.34. The molecule has 0 unspecified atom stereocenters. The number of rotatable bonds is 5. The molecule has 6 aromatic rings. The molecule has 0 saturated carbocycles. The number of hydrogen-bond donors (Lipinski definition) is 0. The van der Waals surface area contributed by atoms with Crippen molar-refractivity contribution in [3.8, 4) is 23.8 Å². The summed E-state index contributed by atoms with van der Waals surface area (Å²) in [5.74, 6) is 10.0. The van der Waals surface area contributed by atoms with Crippen LogP contribution in [0.2, 0.25) is 0 Å². The predicted molar refractivity (Wildman–Crippen MR) is 171 cm³/mol. The highest BCUT2D eigenvalue weighted by molar-refractivity contribution is 6.22. The molecule has 0 bridgehead atoms. The Bertz CT molecular complexity index is 1960. The van der Waals surface area contributed by atoms with E-state index in [1.165, 1.54) is 38.4 Å². The molecule has 6 rings (SSSR count). The van der Waals surface area contributed by atoms with E-state index in [1.807, 2.05) is 30.3 Å². The molecule has 40 heavy (non-hydrogen) atoms. The molecule has 0 fully saturated rings. The topological polar surface area (TPSA) is 9.86 Å². The standard InChI is InChI=1S/C38H32N2/c1-3-5-25-39-35-27-31(19-17-29-13-9-7-10-14-29)21-23-33(35)37-34-24-22-32(20-18-30-15-11-8-12-16-30)28-36(34)40(38(37)39)26-6-4-2/h7-17,19,21-24,27-28H,3-5,25H2,1-2H3. The van der Waals surface area contributed by atoms with Gasteiger partial charge in [-0.15, -0.1) is 0 Å². The van der Waals surface area contributed by atoms with E-state index in [1.54, 1.807) is 0 Å². The van der Waals surface area contributed by atoms with Crippen molar-refractivity contribution in [3.63, 3.8) is 0 Å². The molecule has 0 amide bonds. The Labute approximate surface area is 236 Å². The normalized spacial score (nSPS) is 11.2. The van der Waals surface area contributed by atoms with Crippen molar-refractivity contribution in [2.75, 3.05) is 0 Å². The van der Waals surface area contributed by atoms with Crippen LogP contribution in [-0.4, -0.2) is 9.13 Å². The molecule has 194 valence electrons. The largest absolute Gasteiger partial charge is 0.326 e. The van der Waals surface area contributed by atoms with Crippen LogP contribution in [0.4, 0.5) is 0 Å². The summed E-state index contributed by atoms with van der Waals surface area (Å²) in [7, 11) is 0. The van der Waals surface area contributed by atoms with Crippen molar-refractivity contribution in [2.24, 2.45) is 0 Å². The molecule has 0 aliphatic carbocycles. The average molecular weight is 517 g/mol. The summed E-state index contributed by atoms with van der Waals surface area (Å²) < 4.78 is 4.69. The van der Waals surface area contributed by atoms with E-state index in [2.05, 4.69) is 126 Å². The SMILES string of the molecule is CCC#Cn1c2cc(C#Cc3ccccc3)ccc2c2c3ccc(C=Cc4ccccc4)cc3n(CCCC)c21. The minimum atomic E-state index is 0.804. The summed E-state index contributed by atoms with van der Waals surface area (Å²) in [4.78, 5) is 0. The fraction of sp³-hybridized carbons (Fsp3) is 0.158. The van der Waals surface area contributed by atoms with Crippen molar-refractivity contribution in [1.29, 1.82) is 0 Å². The summed E-state index contributed by atoms with van der Waals surface area (Å²) in [6.07, 6.45) is 7.44. The third kappa shape index (κ3) is 4.93. The lowest BCUT2D eigenvalue weighted by atomic mass is 10.1. The quantitative estimate of drug-likeness (QED) is 0.160. The molecule has 2 aromatic heterocycles. The fourth-order valence-electron chi connectivity index (χ4n) is 5.31. The lowest BCUT2D eigenvalue weighted by Gasteiger charge is -2.09. The van der Waals surface area contributed by atoms with Gasteiger partial charge in [-0.25, -0.2) is 0 Å². The number of aromatic nitrogens is 2. The lowest BCUT2D eigenvalue weighted by Crippen LogP contribution is -2.02. The highest BCUT2D eigenvalue weighted by atomic mass is 15.1. The summed E-state index contributed by atoms with van der Waals surface area (Å²) in [6.45, 7) is 5.30. The molecule has 0 aliphatic heterocycles. The highest BCUT2D eigenvalue weighted by Crippen LogP contribution is 2.38. The second-order valence-corrected chi connectivity index (χ2v) is 10.0. The maximum absolute atomic E-state index is 3.48. The number of hydrogen-bond acceptors (Lipinski definition) is 0. The van der Waals surface area contributed by atoms with E-state index in [0.717, 1.165) is 42.5 Å². The minimum absolute atomic E-state index is 0.804. The lowest BCUT2D eigenvalue weighted by molar-refractivity contribution is 0.659. The number of unbranched alkanes of at least 4 members (excludes halogenated alkanes) is 1. The Hall–Kier alpha value is -4.92. The van der Waals surface area contributed by atoms with Gasteiger partial charge in [-0.1, -0.05) is 117 Å². The monoisotopic (exact) mass is 516 g/mol. The first kappa shape index (κ1) is 25.4. The van der Waals surface area contributed by atoms with Crippen LogP contribution in [0.15, 0.2) is 97.1 Å². The van der Waals surface area contributed by atoms with Crippen molar-refractivity contribution in [1.82, 2.24) is 9.13 Å². The minimum Gasteiger partial charge on any atom is -0.326 e. The average Bonchev–Trinajstić information content (AvgIpc) is 3.49. The summed E-state index contributed by atoms with van der Waals surface area (Å²) in [6, 6.07) is 37.5. The van der Waals surface area contributed by atoms with Gasteiger partial charge in [0.05, 0.1) is 11.0 Å². The maximum atomic E-state index is 3.48. The van der Waals surface area contributed by atoms with E-state index in [0.29, 0.717) is 0 Å². The van der Waals surface area contributed by atoms with Crippen LogP contribution in [0.5, 0.6) is 0 Å². The van der Waals surface area contributed by atoms with Crippen molar-refractivity contribution in [2.45, 2.75) is 39.7 Å². The summed E-state index contributed by atoms with van der Waals surface area (Å²) in [5, 5.41) is 3.76. The molecule has 2 heterocycles. The third-order valence-electron chi connectivity index (χ3n) is 7.28. The molecule has 2 heteroatoms. The molecular weight excluding hydrogens is 484 g/mol. The zero-order valence-corrected chi connectivity index (χ0v) is 23.1.